The first-order valence-electron chi connectivity index (χ1n) is 16.1. The molecule has 0 bridgehead atoms. The summed E-state index contributed by atoms with van der Waals surface area (Å²) in [6.45, 7) is 4.08. The molecule has 2 aromatic carbocycles. The molecule has 3 heterocycles. The van der Waals surface area contributed by atoms with Gasteiger partial charge in [0.05, 0.1) is 23.6 Å². The molecule has 234 valence electrons. The van der Waals surface area contributed by atoms with Crippen LogP contribution < -0.4 is 10.2 Å². The van der Waals surface area contributed by atoms with E-state index in [1.165, 1.54) is 16.0 Å². The molecule has 9 heteroatoms. The van der Waals surface area contributed by atoms with Gasteiger partial charge in [-0.3, -0.25) is 14.5 Å². The topological polar surface area (TPSA) is 112 Å². The highest BCUT2D eigenvalue weighted by molar-refractivity contribution is 6.43. The molecule has 1 aromatic heterocycles. The first-order valence-corrected chi connectivity index (χ1v) is 16.1. The van der Waals surface area contributed by atoms with E-state index in [9.17, 15) is 19.7 Å². The number of amides is 2. The molecule has 0 saturated carbocycles. The van der Waals surface area contributed by atoms with Crippen LogP contribution in [0.3, 0.4) is 0 Å². The maximum Gasteiger partial charge on any atom is 0.455 e. The van der Waals surface area contributed by atoms with E-state index in [0.29, 0.717) is 36.4 Å². The Morgan fingerprint density at radius 1 is 1.00 bits per heavy atom. The Morgan fingerprint density at radius 3 is 2.44 bits per heavy atom. The van der Waals surface area contributed by atoms with Crippen LogP contribution in [0.5, 0.6) is 0 Å². The molecule has 45 heavy (non-hydrogen) atoms. The Hall–Kier alpha value is -3.92. The number of imide groups is 1. The molecule has 0 spiro atoms. The number of nitrogens with one attached hydrogen (secondary N) is 1. The highest BCUT2D eigenvalue weighted by Crippen LogP contribution is 2.52. The van der Waals surface area contributed by atoms with E-state index in [4.69, 9.17) is 9.07 Å². The van der Waals surface area contributed by atoms with Crippen molar-refractivity contribution in [2.75, 3.05) is 10.2 Å². The number of para-hydroxylation sites is 1. The second-order valence-electron chi connectivity index (χ2n) is 12.3. The molecule has 6 rings (SSSR count). The van der Waals surface area contributed by atoms with Crippen molar-refractivity contribution in [1.82, 2.24) is 0 Å². The van der Waals surface area contributed by atoms with Gasteiger partial charge in [0.25, 0.3) is 0 Å². The molecular formula is C36H41BN2O6. The number of hydrogen-bond donors (Lipinski definition) is 3. The van der Waals surface area contributed by atoms with E-state index in [1.54, 1.807) is 6.07 Å². The van der Waals surface area contributed by atoms with Crippen LogP contribution in [-0.4, -0.2) is 35.2 Å². The Labute approximate surface area is 264 Å². The van der Waals surface area contributed by atoms with Gasteiger partial charge in [-0.15, -0.1) is 0 Å². The minimum absolute atomic E-state index is 0.142. The van der Waals surface area contributed by atoms with E-state index in [-0.39, 0.29) is 30.4 Å². The van der Waals surface area contributed by atoms with E-state index in [1.807, 2.05) is 66.7 Å². The van der Waals surface area contributed by atoms with E-state index < -0.39 is 19.0 Å². The Balaban J connectivity index is 1.23. The lowest BCUT2D eigenvalue weighted by Crippen LogP contribution is -2.46. The zero-order chi connectivity index (χ0) is 31.5. The third-order valence-corrected chi connectivity index (χ3v) is 9.41. The third kappa shape index (κ3) is 6.43. The Kier molecular flexibility index (Phi) is 9.40. The van der Waals surface area contributed by atoms with Crippen LogP contribution in [0.15, 0.2) is 87.9 Å². The highest BCUT2D eigenvalue weighted by atomic mass is 16.5. The summed E-state index contributed by atoms with van der Waals surface area (Å²) in [5.41, 5.74) is 5.88. The van der Waals surface area contributed by atoms with Gasteiger partial charge in [0.2, 0.25) is 11.8 Å². The molecule has 2 aliphatic heterocycles. The summed E-state index contributed by atoms with van der Waals surface area (Å²) in [5, 5.41) is 23.6. The van der Waals surface area contributed by atoms with Crippen molar-refractivity contribution in [3.8, 4) is 0 Å². The van der Waals surface area contributed by atoms with Crippen LogP contribution in [-0.2, 0) is 20.9 Å². The van der Waals surface area contributed by atoms with Crippen molar-refractivity contribution in [3.63, 3.8) is 0 Å². The molecule has 3 N–H and O–H groups in total. The standard InChI is InChI=1S/C36H41BN2O6/c1-3-8-24-20-30-34(36(42)39(35(30)41)27-14-12-26(13-15-27)38-25-9-6-5-7-10-25)31-21-37(43)45-32(33(24)31)18-11-23(4-2)19-28-16-17-29(22-40)44-28/h5-7,9-10,12-17,19,30-32,34,38,40,43H,3-4,8,11,18,20-22H2,1-2H3/b23-19+/t30-,31+,32-,34-/m1/s1. The number of fused-ring (bicyclic) bond motifs is 3. The van der Waals surface area contributed by atoms with Crippen LogP contribution in [0.4, 0.5) is 17.1 Å². The van der Waals surface area contributed by atoms with Crippen molar-refractivity contribution in [3.05, 3.63) is 95.0 Å². The molecule has 2 saturated heterocycles. The number of carbonyl (C=O) groups excluding carboxylic acids is 2. The lowest BCUT2D eigenvalue weighted by molar-refractivity contribution is -0.122. The third-order valence-electron chi connectivity index (χ3n) is 9.41. The summed E-state index contributed by atoms with van der Waals surface area (Å²) in [6.07, 6.45) is 6.48. The molecular weight excluding hydrogens is 567 g/mol. The first-order chi connectivity index (χ1) is 21.9. The zero-order valence-electron chi connectivity index (χ0n) is 25.9. The van der Waals surface area contributed by atoms with Gasteiger partial charge in [-0.2, -0.15) is 0 Å². The van der Waals surface area contributed by atoms with Crippen LogP contribution in [0.1, 0.15) is 63.9 Å². The number of hydrogen-bond acceptors (Lipinski definition) is 7. The van der Waals surface area contributed by atoms with Crippen molar-refractivity contribution in [1.29, 1.82) is 0 Å². The fraction of sp³-hybridized carbons (Fsp3) is 0.389. The average Bonchev–Trinajstić information content (AvgIpc) is 3.61. The van der Waals surface area contributed by atoms with Gasteiger partial charge in [-0.05, 0) is 105 Å². The highest BCUT2D eigenvalue weighted by Gasteiger charge is 2.57. The quantitative estimate of drug-likeness (QED) is 0.123. The number of furan rings is 1. The van der Waals surface area contributed by atoms with Crippen LogP contribution in [0.25, 0.3) is 6.08 Å². The van der Waals surface area contributed by atoms with E-state index >= 15 is 0 Å². The monoisotopic (exact) mass is 608 g/mol. The molecule has 0 unspecified atom stereocenters. The maximum atomic E-state index is 14.1. The van der Waals surface area contributed by atoms with Crippen molar-refractivity contribution in [2.24, 2.45) is 17.8 Å². The molecule has 8 nitrogen and oxygen atoms in total. The number of carbonyl (C=O) groups is 2. The predicted octanol–water partition coefficient (Wildman–Crippen LogP) is 6.89. The summed E-state index contributed by atoms with van der Waals surface area (Å²) in [7, 11) is -1.00. The molecule has 3 aliphatic rings. The SMILES string of the molecule is CCCC1=C2[C@@H](CC/C(=C/c3ccc(CO)o3)CC)OB(O)C[C@@H]2[C@@H]2C(=O)N(c3ccc(Nc4ccccc4)cc3)C(=O)[C@@H]2C1. The summed E-state index contributed by atoms with van der Waals surface area (Å²) >= 11 is 0. The maximum absolute atomic E-state index is 14.1. The van der Waals surface area contributed by atoms with Crippen LogP contribution in [0.2, 0.25) is 6.32 Å². The molecule has 4 atom stereocenters. The van der Waals surface area contributed by atoms with Gasteiger partial charge in [-0.25, -0.2) is 0 Å². The second-order valence-corrected chi connectivity index (χ2v) is 12.3. The number of benzene rings is 2. The number of aliphatic hydroxyl groups excluding tert-OH is 1. The van der Waals surface area contributed by atoms with Gasteiger partial charge >= 0.3 is 7.12 Å². The Bertz CT molecular complexity index is 1580. The number of rotatable bonds is 11. The van der Waals surface area contributed by atoms with Gasteiger partial charge in [0.1, 0.15) is 18.1 Å². The van der Waals surface area contributed by atoms with Crippen LogP contribution in [0, 0.1) is 17.8 Å². The van der Waals surface area contributed by atoms with E-state index in [2.05, 4.69) is 19.2 Å². The van der Waals surface area contributed by atoms with Gasteiger partial charge in [0.15, 0.2) is 0 Å². The number of allylic oxidation sites excluding steroid dienone is 2. The smallest absolute Gasteiger partial charge is 0.455 e. The lowest BCUT2D eigenvalue weighted by atomic mass is 9.58. The normalized spacial score (nSPS) is 23.4. The zero-order valence-corrected chi connectivity index (χ0v) is 25.9. The largest absolute Gasteiger partial charge is 0.459 e. The van der Waals surface area contributed by atoms with Gasteiger partial charge in [0, 0.05) is 11.4 Å². The molecule has 2 fully saturated rings. The minimum atomic E-state index is -1.00. The average molecular weight is 609 g/mol. The summed E-state index contributed by atoms with van der Waals surface area (Å²) < 4.78 is 11.9. The minimum Gasteiger partial charge on any atom is -0.459 e. The molecule has 2 amide bonds. The number of aliphatic hydroxyl groups is 1. The molecule has 1 aliphatic carbocycles. The predicted molar refractivity (Wildman–Crippen MR) is 175 cm³/mol. The second kappa shape index (κ2) is 13.6. The summed E-state index contributed by atoms with van der Waals surface area (Å²) in [6, 6.07) is 20.9. The van der Waals surface area contributed by atoms with Gasteiger partial charge in [-0.1, -0.05) is 49.6 Å². The fourth-order valence-corrected chi connectivity index (χ4v) is 7.36. The van der Waals surface area contributed by atoms with Gasteiger partial charge < -0.3 is 24.5 Å². The van der Waals surface area contributed by atoms with Crippen molar-refractivity contribution >= 4 is 42.1 Å². The van der Waals surface area contributed by atoms with E-state index in [0.717, 1.165) is 42.6 Å². The number of nitrogens with zero attached hydrogens (tertiary/aromatic N) is 1. The molecule has 3 aromatic rings. The van der Waals surface area contributed by atoms with Crippen LogP contribution >= 0.6 is 0 Å². The Morgan fingerprint density at radius 2 is 1.76 bits per heavy atom. The molecule has 0 radical (unpaired) electrons. The van der Waals surface area contributed by atoms with Crippen molar-refractivity contribution < 1.29 is 28.8 Å². The lowest BCUT2D eigenvalue weighted by Gasteiger charge is -2.43. The first kappa shape index (κ1) is 31.1. The summed E-state index contributed by atoms with van der Waals surface area (Å²) in [4.78, 5) is 29.4. The number of anilines is 3. The van der Waals surface area contributed by atoms with Crippen molar-refractivity contribution in [2.45, 2.75) is 71.4 Å². The fourth-order valence-electron chi connectivity index (χ4n) is 7.36. The summed E-state index contributed by atoms with van der Waals surface area (Å²) in [5.74, 6) is -0.324.